The van der Waals surface area contributed by atoms with Gasteiger partial charge in [-0.15, -0.1) is 0 Å². The van der Waals surface area contributed by atoms with Crippen molar-refractivity contribution in [2.45, 2.75) is 53.1 Å². The molecule has 27 heavy (non-hydrogen) atoms. The minimum atomic E-state index is -1.02. The predicted molar refractivity (Wildman–Crippen MR) is 102 cm³/mol. The molecular weight excluding hydrogens is 350 g/mol. The van der Waals surface area contributed by atoms with Crippen molar-refractivity contribution >= 4 is 17.8 Å². The molecule has 1 heterocycles. The van der Waals surface area contributed by atoms with Crippen LogP contribution in [-0.2, 0) is 19.1 Å². The number of nitrogens with zero attached hydrogens (tertiary/aromatic N) is 1. The van der Waals surface area contributed by atoms with Gasteiger partial charge in [-0.05, 0) is 17.8 Å². The van der Waals surface area contributed by atoms with Gasteiger partial charge < -0.3 is 20.5 Å². The minimum absolute atomic E-state index is 0.136. The number of likely N-dealkylation sites (N-methyl/N-ethyl adjacent to an activating group) is 1. The number of amides is 2. The highest BCUT2D eigenvalue weighted by Crippen LogP contribution is 2.25. The highest BCUT2D eigenvalue weighted by molar-refractivity contribution is 5.91. The van der Waals surface area contributed by atoms with Crippen LogP contribution in [0.5, 0.6) is 0 Å². The maximum atomic E-state index is 13.1. The van der Waals surface area contributed by atoms with Crippen LogP contribution in [0.25, 0.3) is 0 Å². The Morgan fingerprint density at radius 1 is 1.11 bits per heavy atom. The number of aliphatic carboxylic acids is 1. The lowest BCUT2D eigenvalue weighted by molar-refractivity contribution is -0.152. The molecule has 1 saturated heterocycles. The van der Waals surface area contributed by atoms with E-state index in [1.807, 2.05) is 34.6 Å². The SMILES string of the molecule is CNC(=O)[C@@H](NC(=O)[C@@H](CC(C)C)[C@@H](C(=O)O)N1CCOCC1)C(C)(C)C. The zero-order valence-electron chi connectivity index (χ0n) is 17.4. The number of hydrogen-bond acceptors (Lipinski definition) is 5. The van der Waals surface area contributed by atoms with Crippen molar-refractivity contribution in [2.75, 3.05) is 33.4 Å². The molecule has 0 saturated carbocycles. The Morgan fingerprint density at radius 3 is 2.07 bits per heavy atom. The van der Waals surface area contributed by atoms with Gasteiger partial charge in [0.15, 0.2) is 0 Å². The van der Waals surface area contributed by atoms with Gasteiger partial charge in [-0.1, -0.05) is 34.6 Å². The van der Waals surface area contributed by atoms with Crippen molar-refractivity contribution in [1.82, 2.24) is 15.5 Å². The first-order valence-corrected chi connectivity index (χ1v) is 9.55. The van der Waals surface area contributed by atoms with E-state index in [9.17, 15) is 19.5 Å². The minimum Gasteiger partial charge on any atom is -0.480 e. The second-order valence-corrected chi connectivity index (χ2v) is 8.59. The third-order valence-electron chi connectivity index (χ3n) is 4.80. The zero-order chi connectivity index (χ0) is 20.8. The first-order valence-electron chi connectivity index (χ1n) is 9.55. The Balaban J connectivity index is 3.12. The van der Waals surface area contributed by atoms with Gasteiger partial charge in [0.1, 0.15) is 12.1 Å². The molecule has 2 amide bonds. The van der Waals surface area contributed by atoms with Crippen molar-refractivity contribution in [3.05, 3.63) is 0 Å². The average Bonchev–Trinajstić information content (AvgIpc) is 2.57. The summed E-state index contributed by atoms with van der Waals surface area (Å²) < 4.78 is 5.32. The van der Waals surface area contributed by atoms with Gasteiger partial charge in [0.2, 0.25) is 11.8 Å². The smallest absolute Gasteiger partial charge is 0.321 e. The quantitative estimate of drug-likeness (QED) is 0.568. The number of hydrogen-bond donors (Lipinski definition) is 3. The number of ether oxygens (including phenoxy) is 1. The molecule has 0 aromatic rings. The summed E-state index contributed by atoms with van der Waals surface area (Å²) in [6.07, 6.45) is 0.421. The van der Waals surface area contributed by atoms with Crippen LogP contribution in [0.15, 0.2) is 0 Å². The van der Waals surface area contributed by atoms with Crippen molar-refractivity contribution in [3.63, 3.8) is 0 Å². The van der Waals surface area contributed by atoms with Crippen molar-refractivity contribution in [2.24, 2.45) is 17.3 Å². The lowest BCUT2D eigenvalue weighted by Gasteiger charge is -2.38. The highest BCUT2D eigenvalue weighted by atomic mass is 16.5. The Bertz CT molecular complexity index is 524. The van der Waals surface area contributed by atoms with E-state index in [1.54, 1.807) is 4.90 Å². The molecule has 1 rings (SSSR count). The fraction of sp³-hybridized carbons (Fsp3) is 0.842. The Kier molecular flexibility index (Phi) is 8.68. The molecule has 0 bridgehead atoms. The maximum absolute atomic E-state index is 13.1. The largest absolute Gasteiger partial charge is 0.480 e. The van der Waals surface area contributed by atoms with Crippen LogP contribution in [-0.4, -0.2) is 73.2 Å². The average molecular weight is 386 g/mol. The Labute approximate surface area is 162 Å². The molecule has 8 nitrogen and oxygen atoms in total. The molecular formula is C19H35N3O5. The molecule has 0 radical (unpaired) electrons. The first kappa shape index (κ1) is 23.4. The number of carboxylic acid groups (broad SMARTS) is 1. The normalized spacial score (nSPS) is 19.2. The van der Waals surface area contributed by atoms with Gasteiger partial charge in [-0.2, -0.15) is 0 Å². The van der Waals surface area contributed by atoms with Crippen molar-refractivity contribution in [3.8, 4) is 0 Å². The molecule has 0 aromatic carbocycles. The van der Waals surface area contributed by atoms with Crippen LogP contribution in [0.3, 0.4) is 0 Å². The van der Waals surface area contributed by atoms with E-state index in [0.717, 1.165) is 0 Å². The summed E-state index contributed by atoms with van der Waals surface area (Å²) in [6.45, 7) is 11.3. The third kappa shape index (κ3) is 6.77. The van der Waals surface area contributed by atoms with Gasteiger partial charge >= 0.3 is 5.97 Å². The van der Waals surface area contributed by atoms with Crippen LogP contribution < -0.4 is 10.6 Å². The molecule has 0 aliphatic carbocycles. The molecule has 156 valence electrons. The van der Waals surface area contributed by atoms with E-state index in [0.29, 0.717) is 32.7 Å². The van der Waals surface area contributed by atoms with Crippen LogP contribution >= 0.6 is 0 Å². The number of carboxylic acids is 1. The molecule has 3 atom stereocenters. The number of nitrogens with one attached hydrogen (secondary N) is 2. The van der Waals surface area contributed by atoms with Crippen LogP contribution in [0.4, 0.5) is 0 Å². The molecule has 0 spiro atoms. The number of carbonyl (C=O) groups excluding carboxylic acids is 2. The molecule has 0 aromatic heterocycles. The molecule has 1 fully saturated rings. The number of rotatable bonds is 8. The first-order chi connectivity index (χ1) is 12.5. The summed E-state index contributed by atoms with van der Waals surface area (Å²) >= 11 is 0. The molecule has 1 aliphatic rings. The van der Waals surface area contributed by atoms with Gasteiger partial charge in [0, 0.05) is 20.1 Å². The van der Waals surface area contributed by atoms with Crippen LogP contribution in [0.1, 0.15) is 41.0 Å². The fourth-order valence-corrected chi connectivity index (χ4v) is 3.39. The van der Waals surface area contributed by atoms with E-state index >= 15 is 0 Å². The van der Waals surface area contributed by atoms with Crippen molar-refractivity contribution in [1.29, 1.82) is 0 Å². The predicted octanol–water partition coefficient (Wildman–Crippen LogP) is 0.711. The summed E-state index contributed by atoms with van der Waals surface area (Å²) in [7, 11) is 1.52. The summed E-state index contributed by atoms with van der Waals surface area (Å²) in [5.74, 6) is -2.33. The monoisotopic (exact) mass is 385 g/mol. The fourth-order valence-electron chi connectivity index (χ4n) is 3.39. The molecule has 8 heteroatoms. The Hall–Kier alpha value is -1.67. The Morgan fingerprint density at radius 2 is 1.67 bits per heavy atom. The van der Waals surface area contributed by atoms with E-state index in [4.69, 9.17) is 4.74 Å². The second kappa shape index (κ2) is 10.0. The number of morpholine rings is 1. The second-order valence-electron chi connectivity index (χ2n) is 8.59. The lowest BCUT2D eigenvalue weighted by Crippen LogP contribution is -2.59. The highest BCUT2D eigenvalue weighted by Gasteiger charge is 2.41. The molecule has 1 aliphatic heterocycles. The van der Waals surface area contributed by atoms with E-state index in [1.165, 1.54) is 7.05 Å². The summed E-state index contributed by atoms with van der Waals surface area (Å²) in [5, 5.41) is 15.3. The summed E-state index contributed by atoms with van der Waals surface area (Å²) in [4.78, 5) is 39.3. The van der Waals surface area contributed by atoms with Gasteiger partial charge in [-0.3, -0.25) is 19.3 Å². The van der Waals surface area contributed by atoms with Gasteiger partial charge in [0.25, 0.3) is 0 Å². The number of carbonyl (C=O) groups is 3. The standard InChI is InChI=1S/C19H35N3O5/c1-12(2)11-13(14(18(25)26)22-7-9-27-10-8-22)16(23)21-15(17(24)20-6)19(3,4)5/h12-15H,7-11H2,1-6H3,(H,20,24)(H,21,23)(H,25,26)/t13-,14-,15+/m0/s1. The van der Waals surface area contributed by atoms with Gasteiger partial charge in [0.05, 0.1) is 19.1 Å². The third-order valence-corrected chi connectivity index (χ3v) is 4.80. The van der Waals surface area contributed by atoms with E-state index in [-0.39, 0.29) is 11.8 Å². The summed E-state index contributed by atoms with van der Waals surface area (Å²) in [6, 6.07) is -1.69. The van der Waals surface area contributed by atoms with Crippen LogP contribution in [0.2, 0.25) is 0 Å². The van der Waals surface area contributed by atoms with E-state index in [2.05, 4.69) is 10.6 Å². The molecule has 0 unspecified atom stereocenters. The van der Waals surface area contributed by atoms with E-state index < -0.39 is 35.3 Å². The lowest BCUT2D eigenvalue weighted by atomic mass is 9.84. The van der Waals surface area contributed by atoms with Crippen LogP contribution in [0, 0.1) is 17.3 Å². The van der Waals surface area contributed by atoms with Crippen molar-refractivity contribution < 1.29 is 24.2 Å². The van der Waals surface area contributed by atoms with Gasteiger partial charge in [-0.25, -0.2) is 0 Å². The zero-order valence-corrected chi connectivity index (χ0v) is 17.4. The summed E-state index contributed by atoms with van der Waals surface area (Å²) in [5.41, 5.74) is -0.504. The maximum Gasteiger partial charge on any atom is 0.321 e. The molecule has 3 N–H and O–H groups in total. The topological polar surface area (TPSA) is 108 Å².